The maximum atomic E-state index is 10.1. The number of aliphatic hydroxyl groups excluding tert-OH is 1. The van der Waals surface area contributed by atoms with E-state index in [4.69, 9.17) is 0 Å². The van der Waals surface area contributed by atoms with E-state index in [0.29, 0.717) is 0 Å². The highest BCUT2D eigenvalue weighted by molar-refractivity contribution is 5.64. The van der Waals surface area contributed by atoms with Gasteiger partial charge in [-0.05, 0) is 29.7 Å². The van der Waals surface area contributed by atoms with Crippen molar-refractivity contribution in [2.45, 2.75) is 13.0 Å². The average molecular weight is 224 g/mol. The fourth-order valence-corrected chi connectivity index (χ4v) is 1.78. The van der Waals surface area contributed by atoms with Crippen molar-refractivity contribution in [3.63, 3.8) is 0 Å². The Labute approximate surface area is 102 Å². The highest BCUT2D eigenvalue weighted by Crippen LogP contribution is 2.20. The second-order valence-corrected chi connectivity index (χ2v) is 4.07. The number of hydrogen-bond acceptors (Lipinski definition) is 1. The summed E-state index contributed by atoms with van der Waals surface area (Å²) in [7, 11) is 0. The second-order valence-electron chi connectivity index (χ2n) is 4.07. The highest BCUT2D eigenvalue weighted by Gasteiger charge is 2.04. The molecule has 1 nitrogen and oxygen atoms in total. The molecule has 1 unspecified atom stereocenters. The van der Waals surface area contributed by atoms with E-state index in [2.05, 4.69) is 0 Å². The van der Waals surface area contributed by atoms with Gasteiger partial charge in [-0.25, -0.2) is 0 Å². The van der Waals surface area contributed by atoms with Gasteiger partial charge in [-0.2, -0.15) is 0 Å². The largest absolute Gasteiger partial charge is 0.384 e. The van der Waals surface area contributed by atoms with Gasteiger partial charge in [0.05, 0.1) is 6.10 Å². The molecule has 17 heavy (non-hydrogen) atoms. The van der Waals surface area contributed by atoms with Gasteiger partial charge in [0.15, 0.2) is 0 Å². The summed E-state index contributed by atoms with van der Waals surface area (Å²) in [4.78, 5) is 0. The molecule has 0 radical (unpaired) electrons. The Morgan fingerprint density at radius 1 is 0.941 bits per heavy atom. The molecule has 0 aliphatic heterocycles. The van der Waals surface area contributed by atoms with Crippen molar-refractivity contribution >= 4 is 5.57 Å². The third-order valence-electron chi connectivity index (χ3n) is 2.78. The number of benzene rings is 2. The van der Waals surface area contributed by atoms with E-state index < -0.39 is 6.10 Å². The molecule has 1 heteroatoms. The van der Waals surface area contributed by atoms with E-state index in [9.17, 15) is 5.11 Å². The first-order valence-corrected chi connectivity index (χ1v) is 5.74. The molecule has 2 rings (SSSR count). The zero-order chi connectivity index (χ0) is 12.1. The molecular weight excluding hydrogens is 208 g/mol. The minimum absolute atomic E-state index is 0.545. The third-order valence-corrected chi connectivity index (χ3v) is 2.78. The Kier molecular flexibility index (Phi) is 3.73. The van der Waals surface area contributed by atoms with Crippen LogP contribution in [0.3, 0.4) is 0 Å². The van der Waals surface area contributed by atoms with E-state index >= 15 is 0 Å². The van der Waals surface area contributed by atoms with Crippen molar-refractivity contribution in [3.8, 4) is 0 Å². The summed E-state index contributed by atoms with van der Waals surface area (Å²) >= 11 is 0. The van der Waals surface area contributed by atoms with E-state index in [0.717, 1.165) is 16.7 Å². The van der Waals surface area contributed by atoms with E-state index in [-0.39, 0.29) is 0 Å². The minimum atomic E-state index is -0.545. The molecule has 0 saturated heterocycles. The summed E-state index contributed by atoms with van der Waals surface area (Å²) in [6.07, 6.45) is 1.33. The average Bonchev–Trinajstić information content (AvgIpc) is 2.40. The summed E-state index contributed by atoms with van der Waals surface area (Å²) in [6, 6.07) is 19.8. The van der Waals surface area contributed by atoms with Crippen LogP contribution in [-0.2, 0) is 0 Å². The zero-order valence-corrected chi connectivity index (χ0v) is 9.88. The highest BCUT2D eigenvalue weighted by atomic mass is 16.3. The molecule has 0 aliphatic rings. The van der Waals surface area contributed by atoms with Crippen LogP contribution in [-0.4, -0.2) is 5.11 Å². The monoisotopic (exact) mass is 224 g/mol. The first kappa shape index (κ1) is 11.6. The van der Waals surface area contributed by atoms with E-state index in [1.54, 1.807) is 0 Å². The second kappa shape index (κ2) is 5.46. The van der Waals surface area contributed by atoms with Crippen molar-refractivity contribution in [3.05, 3.63) is 77.9 Å². The van der Waals surface area contributed by atoms with Gasteiger partial charge < -0.3 is 5.11 Å². The molecule has 0 fully saturated rings. The Bertz CT molecular complexity index is 485. The van der Waals surface area contributed by atoms with Crippen molar-refractivity contribution in [2.24, 2.45) is 0 Å². The van der Waals surface area contributed by atoms with Crippen LogP contribution in [0.2, 0.25) is 0 Å². The fraction of sp³-hybridized carbons (Fsp3) is 0.125. The molecule has 0 spiro atoms. The molecule has 86 valence electrons. The van der Waals surface area contributed by atoms with Crippen LogP contribution < -0.4 is 0 Å². The van der Waals surface area contributed by atoms with Crippen LogP contribution in [0.25, 0.3) is 5.57 Å². The van der Waals surface area contributed by atoms with E-state index in [1.807, 2.05) is 73.7 Å². The zero-order valence-electron chi connectivity index (χ0n) is 9.88. The summed E-state index contributed by atoms with van der Waals surface area (Å²) in [5, 5.41) is 10.1. The number of rotatable bonds is 3. The van der Waals surface area contributed by atoms with Crippen molar-refractivity contribution < 1.29 is 5.11 Å². The van der Waals surface area contributed by atoms with Gasteiger partial charge in [0.1, 0.15) is 0 Å². The lowest BCUT2D eigenvalue weighted by molar-refractivity contribution is 0.229. The quantitative estimate of drug-likeness (QED) is 0.840. The first-order chi connectivity index (χ1) is 8.27. The standard InChI is InChI=1S/C16H16O/c1-13(14-8-4-2-5-9-14)12-16(17)15-10-6-3-7-11-15/h2-12,16-17H,1H3/b13-12-. The normalized spacial score (nSPS) is 13.4. The van der Waals surface area contributed by atoms with Crippen LogP contribution in [0.4, 0.5) is 0 Å². The molecule has 1 atom stereocenters. The molecule has 2 aromatic rings. The molecule has 2 aromatic carbocycles. The lowest BCUT2D eigenvalue weighted by atomic mass is 10.0. The van der Waals surface area contributed by atoms with Crippen molar-refractivity contribution in [2.75, 3.05) is 0 Å². The van der Waals surface area contributed by atoms with Gasteiger partial charge in [-0.15, -0.1) is 0 Å². The molecule has 1 N–H and O–H groups in total. The third kappa shape index (κ3) is 3.05. The summed E-state index contributed by atoms with van der Waals surface area (Å²) in [5.41, 5.74) is 3.15. The van der Waals surface area contributed by atoms with Crippen LogP contribution in [0.15, 0.2) is 66.7 Å². The predicted octanol–water partition coefficient (Wildman–Crippen LogP) is 3.82. The van der Waals surface area contributed by atoms with Crippen LogP contribution in [0, 0.1) is 0 Å². The van der Waals surface area contributed by atoms with Crippen molar-refractivity contribution in [1.29, 1.82) is 0 Å². The fourth-order valence-electron chi connectivity index (χ4n) is 1.78. The molecule has 0 bridgehead atoms. The van der Waals surface area contributed by atoms with Gasteiger partial charge in [0.2, 0.25) is 0 Å². The van der Waals surface area contributed by atoms with Crippen molar-refractivity contribution in [1.82, 2.24) is 0 Å². The van der Waals surface area contributed by atoms with Gasteiger partial charge in [-0.3, -0.25) is 0 Å². The lowest BCUT2D eigenvalue weighted by Gasteiger charge is -2.08. The number of aliphatic hydroxyl groups is 1. The SMILES string of the molecule is C/C(=C/C(O)c1ccccc1)c1ccccc1. The molecule has 0 heterocycles. The Hall–Kier alpha value is -1.86. The number of allylic oxidation sites excluding steroid dienone is 1. The first-order valence-electron chi connectivity index (χ1n) is 5.74. The minimum Gasteiger partial charge on any atom is -0.384 e. The molecule has 0 saturated carbocycles. The number of hydrogen-bond donors (Lipinski definition) is 1. The lowest BCUT2D eigenvalue weighted by Crippen LogP contribution is -1.93. The molecule has 0 amide bonds. The summed E-state index contributed by atoms with van der Waals surface area (Å²) < 4.78 is 0. The summed E-state index contributed by atoms with van der Waals surface area (Å²) in [5.74, 6) is 0. The van der Waals surface area contributed by atoms with Crippen LogP contribution in [0.1, 0.15) is 24.2 Å². The van der Waals surface area contributed by atoms with Gasteiger partial charge >= 0.3 is 0 Å². The van der Waals surface area contributed by atoms with Gasteiger partial charge in [-0.1, -0.05) is 60.7 Å². The van der Waals surface area contributed by atoms with Gasteiger partial charge in [0.25, 0.3) is 0 Å². The van der Waals surface area contributed by atoms with Crippen LogP contribution >= 0.6 is 0 Å². The van der Waals surface area contributed by atoms with E-state index in [1.165, 1.54) is 0 Å². The Balaban J connectivity index is 2.20. The van der Waals surface area contributed by atoms with Crippen LogP contribution in [0.5, 0.6) is 0 Å². The maximum absolute atomic E-state index is 10.1. The predicted molar refractivity (Wildman–Crippen MR) is 71.5 cm³/mol. The topological polar surface area (TPSA) is 20.2 Å². The summed E-state index contributed by atoms with van der Waals surface area (Å²) in [6.45, 7) is 2.02. The molecule has 0 aliphatic carbocycles. The Morgan fingerprint density at radius 2 is 1.47 bits per heavy atom. The Morgan fingerprint density at radius 3 is 2.06 bits per heavy atom. The molecular formula is C16H16O. The molecule has 0 aromatic heterocycles. The maximum Gasteiger partial charge on any atom is 0.0977 e. The van der Waals surface area contributed by atoms with Gasteiger partial charge in [0, 0.05) is 0 Å². The smallest absolute Gasteiger partial charge is 0.0977 e.